The minimum atomic E-state index is -0.131. The van der Waals surface area contributed by atoms with Gasteiger partial charge >= 0.3 is 0 Å². The van der Waals surface area contributed by atoms with Crippen molar-refractivity contribution in [2.24, 2.45) is 20.9 Å². The van der Waals surface area contributed by atoms with Crippen LogP contribution in [0.2, 0.25) is 0 Å². The summed E-state index contributed by atoms with van der Waals surface area (Å²) in [6, 6.07) is 32.9. The lowest BCUT2D eigenvalue weighted by Crippen LogP contribution is -2.27. The van der Waals surface area contributed by atoms with Crippen LogP contribution in [-0.2, 0) is 16.0 Å². The number of guanidine groups is 1. The molecule has 4 aromatic rings. The van der Waals surface area contributed by atoms with Crippen molar-refractivity contribution in [1.82, 2.24) is 10.2 Å². The van der Waals surface area contributed by atoms with Crippen LogP contribution in [0.25, 0.3) is 0 Å². The van der Waals surface area contributed by atoms with Crippen LogP contribution in [0.4, 0.5) is 11.4 Å². The Labute approximate surface area is 318 Å². The molecule has 284 valence electrons. The third-order valence-electron chi connectivity index (χ3n) is 8.23. The summed E-state index contributed by atoms with van der Waals surface area (Å²) in [5.41, 5.74) is 3.74. The molecular formula is C42H51N7O5. The van der Waals surface area contributed by atoms with E-state index >= 15 is 0 Å². The molecule has 0 radical (unpaired) electrons. The van der Waals surface area contributed by atoms with Gasteiger partial charge in [0.15, 0.2) is 0 Å². The zero-order valence-electron chi connectivity index (χ0n) is 31.5. The number of carbonyl (C=O) groups excluding carboxylic acids is 2. The van der Waals surface area contributed by atoms with Gasteiger partial charge in [0.1, 0.15) is 17.4 Å². The monoisotopic (exact) mass is 733 g/mol. The lowest BCUT2D eigenvalue weighted by atomic mass is 10.1. The molecule has 0 fully saturated rings. The van der Waals surface area contributed by atoms with E-state index in [9.17, 15) is 14.7 Å². The molecule has 0 aromatic heterocycles. The molecule has 1 unspecified atom stereocenters. The standard InChI is InChI=1S/C42H51N7O5/c1-5-31(2)39(46-36-18-16-35(17-19-36)41(52)49(4)30-33-12-8-6-9-13-33)48-42(47-37-20-22-38(50)23-21-37)45-32(3)43-24-26-53-28-29-54-27-25-44-40(51)34-14-10-7-11-15-34/h6-23,31,50H,5,24-30H2,1-4H3,(H,44,51)(H2,43,45,46,47,48). The predicted octanol–water partition coefficient (Wildman–Crippen LogP) is 6.87. The van der Waals surface area contributed by atoms with Gasteiger partial charge in [0.2, 0.25) is 5.96 Å². The molecular weight excluding hydrogens is 683 g/mol. The minimum absolute atomic E-state index is 0.0446. The van der Waals surface area contributed by atoms with E-state index in [1.165, 1.54) is 0 Å². The second-order valence-corrected chi connectivity index (χ2v) is 12.5. The van der Waals surface area contributed by atoms with E-state index in [0.29, 0.717) is 80.5 Å². The van der Waals surface area contributed by atoms with Crippen LogP contribution in [0.15, 0.2) is 124 Å². The van der Waals surface area contributed by atoms with Crippen LogP contribution >= 0.6 is 0 Å². The van der Waals surface area contributed by atoms with Crippen molar-refractivity contribution in [2.75, 3.05) is 57.2 Å². The highest BCUT2D eigenvalue weighted by molar-refractivity contribution is 6.11. The van der Waals surface area contributed by atoms with E-state index < -0.39 is 0 Å². The molecule has 1 atom stereocenters. The average Bonchev–Trinajstić information content (AvgIpc) is 3.19. The SMILES string of the molecule is CCC(C)C(=NC(=NC(C)=NCCOCCOCCNC(=O)c1ccccc1)Nc1ccc(O)cc1)Nc1ccc(C(=O)N(C)Cc2ccccc2)cc1. The first kappa shape index (κ1) is 40.9. The molecule has 12 heteroatoms. The summed E-state index contributed by atoms with van der Waals surface area (Å²) in [4.78, 5) is 41.0. The van der Waals surface area contributed by atoms with Gasteiger partial charge in [0, 0.05) is 48.6 Å². The number of phenols is 1. The van der Waals surface area contributed by atoms with Crippen LogP contribution in [-0.4, -0.2) is 86.0 Å². The maximum atomic E-state index is 13.1. The fourth-order valence-electron chi connectivity index (χ4n) is 5.03. The number of benzene rings is 4. The summed E-state index contributed by atoms with van der Waals surface area (Å²) in [5, 5.41) is 19.3. The van der Waals surface area contributed by atoms with Crippen molar-refractivity contribution in [2.45, 2.75) is 33.7 Å². The molecule has 0 aliphatic rings. The summed E-state index contributed by atoms with van der Waals surface area (Å²) in [6.45, 7) is 8.82. The topological polar surface area (TPSA) is 149 Å². The van der Waals surface area contributed by atoms with Gasteiger partial charge in [-0.2, -0.15) is 9.98 Å². The number of anilines is 2. The van der Waals surface area contributed by atoms with Crippen LogP contribution in [0, 0.1) is 5.92 Å². The molecule has 2 amide bonds. The smallest absolute Gasteiger partial charge is 0.253 e. The van der Waals surface area contributed by atoms with Gasteiger partial charge in [-0.3, -0.25) is 14.6 Å². The lowest BCUT2D eigenvalue weighted by molar-refractivity contribution is 0.0512. The fourth-order valence-corrected chi connectivity index (χ4v) is 5.03. The molecule has 0 aliphatic carbocycles. The summed E-state index contributed by atoms with van der Waals surface area (Å²) >= 11 is 0. The average molecular weight is 734 g/mol. The molecule has 0 saturated carbocycles. The summed E-state index contributed by atoms with van der Waals surface area (Å²) in [5.74, 6) is 1.49. The Bertz CT molecular complexity index is 1830. The Morgan fingerprint density at radius 3 is 2.04 bits per heavy atom. The number of hydrogen-bond acceptors (Lipinski definition) is 6. The van der Waals surface area contributed by atoms with Crippen LogP contribution < -0.4 is 16.0 Å². The zero-order chi connectivity index (χ0) is 38.5. The first-order valence-corrected chi connectivity index (χ1v) is 18.1. The molecule has 0 saturated heterocycles. The molecule has 12 nitrogen and oxygen atoms in total. The van der Waals surface area contributed by atoms with Crippen molar-refractivity contribution in [3.05, 3.63) is 126 Å². The number of amidine groups is 2. The van der Waals surface area contributed by atoms with Crippen LogP contribution in [0.1, 0.15) is 53.5 Å². The number of hydrogen-bond donors (Lipinski definition) is 4. The second kappa shape index (κ2) is 22.3. The van der Waals surface area contributed by atoms with Crippen molar-refractivity contribution in [3.63, 3.8) is 0 Å². The maximum Gasteiger partial charge on any atom is 0.253 e. The van der Waals surface area contributed by atoms with Gasteiger partial charge in [-0.15, -0.1) is 0 Å². The van der Waals surface area contributed by atoms with Crippen LogP contribution in [0.3, 0.4) is 0 Å². The van der Waals surface area contributed by atoms with Gasteiger partial charge in [0.05, 0.1) is 33.0 Å². The molecule has 0 aliphatic heterocycles. The van der Waals surface area contributed by atoms with E-state index in [-0.39, 0.29) is 23.5 Å². The van der Waals surface area contributed by atoms with Crippen LogP contribution in [0.5, 0.6) is 5.75 Å². The quantitative estimate of drug-likeness (QED) is 0.0401. The number of nitrogens with one attached hydrogen (secondary N) is 3. The van der Waals surface area contributed by atoms with E-state index in [0.717, 1.165) is 17.7 Å². The van der Waals surface area contributed by atoms with Gasteiger partial charge in [-0.25, -0.2) is 0 Å². The third-order valence-corrected chi connectivity index (χ3v) is 8.23. The summed E-state index contributed by atoms with van der Waals surface area (Å²) < 4.78 is 11.2. The number of nitrogens with zero attached hydrogens (tertiary/aromatic N) is 4. The number of carbonyl (C=O) groups is 2. The predicted molar refractivity (Wildman–Crippen MR) is 217 cm³/mol. The number of ether oxygens (including phenoxy) is 2. The normalized spacial score (nSPS) is 12.6. The Morgan fingerprint density at radius 1 is 0.759 bits per heavy atom. The third kappa shape index (κ3) is 14.3. The summed E-state index contributed by atoms with van der Waals surface area (Å²) in [7, 11) is 1.80. The van der Waals surface area contributed by atoms with E-state index in [2.05, 4.69) is 39.8 Å². The van der Waals surface area contributed by atoms with Gasteiger partial charge in [0.25, 0.3) is 11.8 Å². The molecule has 0 bridgehead atoms. The van der Waals surface area contributed by atoms with Gasteiger partial charge < -0.3 is 35.4 Å². The highest BCUT2D eigenvalue weighted by Crippen LogP contribution is 2.17. The lowest BCUT2D eigenvalue weighted by Gasteiger charge is -2.19. The van der Waals surface area contributed by atoms with Gasteiger partial charge in [-0.05, 0) is 79.6 Å². The Hall–Kier alpha value is -5.85. The highest BCUT2D eigenvalue weighted by atomic mass is 16.5. The molecule has 54 heavy (non-hydrogen) atoms. The number of aliphatic imine (C=N–C) groups is 3. The first-order valence-electron chi connectivity index (χ1n) is 18.1. The van der Waals surface area contributed by atoms with Crippen molar-refractivity contribution >= 4 is 40.8 Å². The Kier molecular flexibility index (Phi) is 16.9. The summed E-state index contributed by atoms with van der Waals surface area (Å²) in [6.07, 6.45) is 0.815. The fraction of sp³-hybridized carbons (Fsp3) is 0.310. The van der Waals surface area contributed by atoms with E-state index in [1.807, 2.05) is 72.8 Å². The maximum absolute atomic E-state index is 13.1. The Balaban J connectivity index is 1.34. The van der Waals surface area contributed by atoms with Crippen molar-refractivity contribution < 1.29 is 24.2 Å². The van der Waals surface area contributed by atoms with E-state index in [1.54, 1.807) is 55.3 Å². The molecule has 0 heterocycles. The van der Waals surface area contributed by atoms with Gasteiger partial charge in [-0.1, -0.05) is 62.4 Å². The molecule has 4 N–H and O–H groups in total. The first-order chi connectivity index (χ1) is 26.2. The van der Waals surface area contributed by atoms with E-state index in [4.69, 9.17) is 14.5 Å². The second-order valence-electron chi connectivity index (χ2n) is 12.5. The number of aromatic hydroxyl groups is 1. The Morgan fingerprint density at radius 2 is 1.37 bits per heavy atom. The van der Waals surface area contributed by atoms with Crippen molar-refractivity contribution in [3.8, 4) is 5.75 Å². The molecule has 0 spiro atoms. The highest BCUT2D eigenvalue weighted by Gasteiger charge is 2.15. The number of phenolic OH excluding ortho intramolecular Hbond substituents is 1. The molecule has 4 aromatic carbocycles. The molecule has 4 rings (SSSR count). The number of rotatable bonds is 17. The minimum Gasteiger partial charge on any atom is -0.508 e. The number of amides is 2. The largest absolute Gasteiger partial charge is 0.508 e. The van der Waals surface area contributed by atoms with Crippen molar-refractivity contribution in [1.29, 1.82) is 0 Å². The zero-order valence-corrected chi connectivity index (χ0v) is 31.5.